The van der Waals surface area contributed by atoms with Gasteiger partial charge in [-0.3, -0.25) is 0 Å². The summed E-state index contributed by atoms with van der Waals surface area (Å²) in [6.45, 7) is 1.06. The summed E-state index contributed by atoms with van der Waals surface area (Å²) in [4.78, 5) is 0. The van der Waals surface area contributed by atoms with Crippen LogP contribution in [-0.2, 0) is 19.4 Å². The molecule has 1 aromatic heterocycles. The average Bonchev–Trinajstić information content (AvgIpc) is 2.84. The van der Waals surface area contributed by atoms with E-state index in [1.807, 2.05) is 24.3 Å². The molecule has 0 bridgehead atoms. The van der Waals surface area contributed by atoms with Crippen molar-refractivity contribution in [3.8, 4) is 0 Å². The second-order valence-corrected chi connectivity index (χ2v) is 5.47. The van der Waals surface area contributed by atoms with E-state index in [1.165, 1.54) is 5.56 Å². The molecule has 0 fully saturated rings. The van der Waals surface area contributed by atoms with E-state index in [2.05, 4.69) is 14.8 Å². The van der Waals surface area contributed by atoms with Gasteiger partial charge in [-0.1, -0.05) is 23.7 Å². The highest BCUT2D eigenvalue weighted by molar-refractivity contribution is 6.30. The Morgan fingerprint density at radius 2 is 2.05 bits per heavy atom. The van der Waals surface area contributed by atoms with Crippen LogP contribution in [-0.4, -0.2) is 26.5 Å². The molecule has 0 aliphatic carbocycles. The van der Waals surface area contributed by atoms with Gasteiger partial charge in [-0.05, 0) is 24.1 Å². The van der Waals surface area contributed by atoms with Crippen LogP contribution in [0.4, 0.5) is 0 Å². The molecule has 1 aliphatic heterocycles. The van der Waals surface area contributed by atoms with Crippen LogP contribution in [0.5, 0.6) is 0 Å². The van der Waals surface area contributed by atoms with Crippen molar-refractivity contribution in [2.24, 2.45) is 5.92 Å². The van der Waals surface area contributed by atoms with Crippen molar-refractivity contribution in [1.82, 2.24) is 14.8 Å². The van der Waals surface area contributed by atoms with Gasteiger partial charge in [-0.25, -0.2) is 0 Å². The van der Waals surface area contributed by atoms with Gasteiger partial charge in [0, 0.05) is 36.9 Å². The van der Waals surface area contributed by atoms with Crippen LogP contribution >= 0.6 is 11.6 Å². The Morgan fingerprint density at radius 3 is 2.79 bits per heavy atom. The van der Waals surface area contributed by atoms with E-state index < -0.39 is 0 Å². The molecule has 0 spiro atoms. The quantitative estimate of drug-likeness (QED) is 0.934. The van der Waals surface area contributed by atoms with Crippen molar-refractivity contribution in [2.75, 3.05) is 6.61 Å². The summed E-state index contributed by atoms with van der Waals surface area (Å²) in [6, 6.07) is 7.80. The molecule has 5 heteroatoms. The molecule has 4 nitrogen and oxygen atoms in total. The molecule has 2 aromatic rings. The van der Waals surface area contributed by atoms with Crippen LogP contribution in [0.25, 0.3) is 0 Å². The van der Waals surface area contributed by atoms with Crippen molar-refractivity contribution in [3.63, 3.8) is 0 Å². The smallest absolute Gasteiger partial charge is 0.137 e. The van der Waals surface area contributed by atoms with Gasteiger partial charge in [-0.15, -0.1) is 10.2 Å². The minimum absolute atomic E-state index is 0.234. The van der Waals surface area contributed by atoms with Crippen LogP contribution in [0.15, 0.2) is 24.3 Å². The third-order valence-electron chi connectivity index (χ3n) is 3.65. The van der Waals surface area contributed by atoms with Gasteiger partial charge in [-0.2, -0.15) is 0 Å². The lowest BCUT2D eigenvalue weighted by Gasteiger charge is -2.22. The first kappa shape index (κ1) is 12.6. The molecular formula is C14H16ClN3O. The van der Waals surface area contributed by atoms with Crippen LogP contribution in [0, 0.1) is 5.92 Å². The van der Waals surface area contributed by atoms with Crippen molar-refractivity contribution in [1.29, 1.82) is 0 Å². The zero-order chi connectivity index (χ0) is 13.2. The Bertz CT molecular complexity index is 565. The Hall–Kier alpha value is -1.39. The number of aryl methyl sites for hydroxylation is 1. The van der Waals surface area contributed by atoms with Gasteiger partial charge in [0.25, 0.3) is 0 Å². The molecular weight excluding hydrogens is 262 g/mol. The normalized spacial score (nSPS) is 18.3. The highest BCUT2D eigenvalue weighted by atomic mass is 35.5. The molecule has 19 heavy (non-hydrogen) atoms. The van der Waals surface area contributed by atoms with Crippen molar-refractivity contribution in [3.05, 3.63) is 46.5 Å². The minimum atomic E-state index is 0.234. The third kappa shape index (κ3) is 2.65. The number of nitrogens with zero attached hydrogens (tertiary/aromatic N) is 3. The number of aliphatic hydroxyl groups is 1. The van der Waals surface area contributed by atoms with Crippen molar-refractivity contribution in [2.45, 2.75) is 25.8 Å². The van der Waals surface area contributed by atoms with Crippen LogP contribution < -0.4 is 0 Å². The molecule has 1 aliphatic rings. The molecule has 2 heterocycles. The molecule has 0 saturated heterocycles. The molecule has 1 atom stereocenters. The number of hydrogen-bond acceptors (Lipinski definition) is 3. The van der Waals surface area contributed by atoms with E-state index >= 15 is 0 Å². The fraction of sp³-hybridized carbons (Fsp3) is 0.429. The number of aliphatic hydroxyl groups excluding tert-OH is 1. The summed E-state index contributed by atoms with van der Waals surface area (Å²) in [5.41, 5.74) is 1.17. The van der Waals surface area contributed by atoms with E-state index in [0.717, 1.165) is 42.5 Å². The standard InChI is InChI=1S/C14H16ClN3O/c15-12-4-1-10(2-5-12)7-14-17-16-13-6-3-11(9-19)8-18(13)14/h1-2,4-5,11,19H,3,6-9H2. The van der Waals surface area contributed by atoms with E-state index in [-0.39, 0.29) is 6.61 Å². The first-order chi connectivity index (χ1) is 9.26. The highest BCUT2D eigenvalue weighted by Crippen LogP contribution is 2.21. The predicted molar refractivity (Wildman–Crippen MR) is 73.2 cm³/mol. The number of aromatic nitrogens is 3. The molecule has 1 N–H and O–H groups in total. The SMILES string of the molecule is OCC1CCc2nnc(Cc3ccc(Cl)cc3)n2C1. The van der Waals surface area contributed by atoms with E-state index in [9.17, 15) is 5.11 Å². The average molecular weight is 278 g/mol. The first-order valence-electron chi connectivity index (χ1n) is 6.52. The molecule has 0 saturated carbocycles. The third-order valence-corrected chi connectivity index (χ3v) is 3.91. The zero-order valence-electron chi connectivity index (χ0n) is 10.6. The Kier molecular flexibility index (Phi) is 3.53. The molecule has 100 valence electrons. The number of fused-ring (bicyclic) bond motifs is 1. The topological polar surface area (TPSA) is 50.9 Å². The number of benzene rings is 1. The summed E-state index contributed by atoms with van der Waals surface area (Å²) in [5.74, 6) is 2.33. The minimum Gasteiger partial charge on any atom is -0.396 e. The van der Waals surface area contributed by atoms with E-state index in [1.54, 1.807) is 0 Å². The second-order valence-electron chi connectivity index (χ2n) is 5.03. The van der Waals surface area contributed by atoms with E-state index in [0.29, 0.717) is 5.92 Å². The van der Waals surface area contributed by atoms with Gasteiger partial charge in [0.05, 0.1) is 0 Å². The molecule has 0 amide bonds. The van der Waals surface area contributed by atoms with Crippen LogP contribution in [0.1, 0.15) is 23.6 Å². The fourth-order valence-corrected chi connectivity index (χ4v) is 2.64. The maximum atomic E-state index is 9.30. The Balaban J connectivity index is 1.82. The lowest BCUT2D eigenvalue weighted by atomic mass is 10.00. The molecule has 0 radical (unpaired) electrons. The van der Waals surface area contributed by atoms with Gasteiger partial charge in [0.15, 0.2) is 0 Å². The van der Waals surface area contributed by atoms with Gasteiger partial charge < -0.3 is 9.67 Å². The largest absolute Gasteiger partial charge is 0.396 e. The van der Waals surface area contributed by atoms with Crippen molar-refractivity contribution < 1.29 is 5.11 Å². The molecule has 1 aromatic carbocycles. The van der Waals surface area contributed by atoms with Crippen molar-refractivity contribution >= 4 is 11.6 Å². The zero-order valence-corrected chi connectivity index (χ0v) is 11.3. The number of rotatable bonds is 3. The maximum Gasteiger partial charge on any atom is 0.137 e. The first-order valence-corrected chi connectivity index (χ1v) is 6.90. The van der Waals surface area contributed by atoms with Gasteiger partial charge >= 0.3 is 0 Å². The van der Waals surface area contributed by atoms with Gasteiger partial charge in [0.1, 0.15) is 11.6 Å². The summed E-state index contributed by atoms with van der Waals surface area (Å²) in [5, 5.41) is 18.6. The summed E-state index contributed by atoms with van der Waals surface area (Å²) in [7, 11) is 0. The van der Waals surface area contributed by atoms with Gasteiger partial charge in [0.2, 0.25) is 0 Å². The van der Waals surface area contributed by atoms with Crippen LogP contribution in [0.3, 0.4) is 0 Å². The highest BCUT2D eigenvalue weighted by Gasteiger charge is 2.22. The monoisotopic (exact) mass is 277 g/mol. The Labute approximate surface area is 117 Å². The molecule has 3 rings (SSSR count). The Morgan fingerprint density at radius 1 is 1.26 bits per heavy atom. The summed E-state index contributed by atoms with van der Waals surface area (Å²) >= 11 is 5.89. The lowest BCUT2D eigenvalue weighted by Crippen LogP contribution is -2.24. The predicted octanol–water partition coefficient (Wildman–Crippen LogP) is 2.08. The summed E-state index contributed by atoms with van der Waals surface area (Å²) < 4.78 is 2.15. The molecule has 1 unspecified atom stereocenters. The summed E-state index contributed by atoms with van der Waals surface area (Å²) in [6.07, 6.45) is 2.65. The number of hydrogen-bond donors (Lipinski definition) is 1. The second kappa shape index (κ2) is 5.31. The maximum absolute atomic E-state index is 9.30. The fourth-order valence-electron chi connectivity index (χ4n) is 2.52. The van der Waals surface area contributed by atoms with E-state index in [4.69, 9.17) is 11.6 Å². The number of halogens is 1. The van der Waals surface area contributed by atoms with Crippen LogP contribution in [0.2, 0.25) is 5.02 Å². The lowest BCUT2D eigenvalue weighted by molar-refractivity contribution is 0.189.